The number of hydrogen-bond acceptors (Lipinski definition) is 4. The van der Waals surface area contributed by atoms with Crippen LogP contribution in [-0.4, -0.2) is 50.6 Å². The molecule has 1 N–H and O–H groups in total. The Bertz CT molecular complexity index is 845. The Balaban J connectivity index is 1.54. The topological polar surface area (TPSA) is 44.8 Å². The number of anilines is 2. The fourth-order valence-corrected chi connectivity index (χ4v) is 3.12. The Labute approximate surface area is 168 Å². The largest absolute Gasteiger partial charge is 0.484 e. The molecule has 0 aromatic heterocycles. The van der Waals surface area contributed by atoms with E-state index in [1.807, 2.05) is 25.1 Å². The van der Waals surface area contributed by atoms with Gasteiger partial charge in [-0.1, -0.05) is 0 Å². The number of aryl methyl sites for hydroxylation is 1. The quantitative estimate of drug-likeness (QED) is 0.819. The summed E-state index contributed by atoms with van der Waals surface area (Å²) in [6.07, 6.45) is -4.40. The van der Waals surface area contributed by atoms with Crippen molar-refractivity contribution in [3.8, 4) is 5.75 Å². The molecule has 156 valence electrons. The van der Waals surface area contributed by atoms with E-state index in [0.717, 1.165) is 49.6 Å². The van der Waals surface area contributed by atoms with Crippen LogP contribution < -0.4 is 15.0 Å². The second kappa shape index (κ2) is 8.73. The molecule has 5 nitrogen and oxygen atoms in total. The Morgan fingerprint density at radius 3 is 2.31 bits per heavy atom. The van der Waals surface area contributed by atoms with Gasteiger partial charge in [0.1, 0.15) is 5.75 Å². The number of amides is 1. The molecule has 0 saturated carbocycles. The molecular formula is C21H24F3N3O2. The van der Waals surface area contributed by atoms with Crippen LogP contribution in [0.1, 0.15) is 11.1 Å². The normalized spacial score (nSPS) is 15.3. The van der Waals surface area contributed by atoms with Crippen LogP contribution in [-0.2, 0) is 11.0 Å². The van der Waals surface area contributed by atoms with Gasteiger partial charge in [-0.05, 0) is 62.0 Å². The molecule has 1 aliphatic rings. The maximum absolute atomic E-state index is 12.6. The maximum atomic E-state index is 12.6. The highest BCUT2D eigenvalue weighted by Gasteiger charge is 2.30. The molecular weight excluding hydrogens is 383 g/mol. The van der Waals surface area contributed by atoms with Gasteiger partial charge in [-0.2, -0.15) is 13.2 Å². The van der Waals surface area contributed by atoms with Gasteiger partial charge in [0, 0.05) is 37.6 Å². The van der Waals surface area contributed by atoms with Crippen LogP contribution >= 0.6 is 0 Å². The fraction of sp³-hybridized carbons (Fsp3) is 0.381. The summed E-state index contributed by atoms with van der Waals surface area (Å²) < 4.78 is 43.0. The van der Waals surface area contributed by atoms with Crippen molar-refractivity contribution in [1.82, 2.24) is 4.90 Å². The standard InChI is InChI=1S/C21H24F3N3O2/c1-15-13-17(27-11-9-26(2)10-12-27)5-8-19(15)25-20(28)14-29-18-6-3-16(4-7-18)21(22,23)24/h3-8,13H,9-12,14H2,1-2H3,(H,25,28). The predicted octanol–water partition coefficient (Wildman–Crippen LogP) is 3.78. The number of likely N-dealkylation sites (N-methyl/N-ethyl adjacent to an activating group) is 1. The molecule has 1 saturated heterocycles. The van der Waals surface area contributed by atoms with Crippen LogP contribution in [0.3, 0.4) is 0 Å². The molecule has 1 heterocycles. The highest BCUT2D eigenvalue weighted by Crippen LogP contribution is 2.30. The predicted molar refractivity (Wildman–Crippen MR) is 106 cm³/mol. The molecule has 0 aliphatic carbocycles. The van der Waals surface area contributed by atoms with Gasteiger partial charge >= 0.3 is 6.18 Å². The zero-order chi connectivity index (χ0) is 21.0. The third kappa shape index (κ3) is 5.63. The molecule has 0 spiro atoms. The molecule has 2 aromatic carbocycles. The summed E-state index contributed by atoms with van der Waals surface area (Å²) in [4.78, 5) is 16.8. The van der Waals surface area contributed by atoms with E-state index < -0.39 is 11.7 Å². The Kier molecular flexibility index (Phi) is 6.32. The third-order valence-corrected chi connectivity index (χ3v) is 4.90. The summed E-state index contributed by atoms with van der Waals surface area (Å²) in [5.41, 5.74) is 1.98. The summed E-state index contributed by atoms with van der Waals surface area (Å²) in [6, 6.07) is 10.1. The molecule has 0 unspecified atom stereocenters. The van der Waals surface area contributed by atoms with Gasteiger partial charge in [-0.3, -0.25) is 4.79 Å². The number of piperazine rings is 1. The zero-order valence-electron chi connectivity index (χ0n) is 16.4. The van der Waals surface area contributed by atoms with Crippen molar-refractivity contribution in [3.63, 3.8) is 0 Å². The van der Waals surface area contributed by atoms with Crippen molar-refractivity contribution in [2.24, 2.45) is 0 Å². The second-order valence-electron chi connectivity index (χ2n) is 7.15. The number of rotatable bonds is 5. The van der Waals surface area contributed by atoms with Crippen LogP contribution in [0.4, 0.5) is 24.5 Å². The van der Waals surface area contributed by atoms with Crippen LogP contribution in [0, 0.1) is 6.92 Å². The van der Waals surface area contributed by atoms with Crippen molar-refractivity contribution in [3.05, 3.63) is 53.6 Å². The van der Waals surface area contributed by atoms with E-state index in [1.54, 1.807) is 0 Å². The summed E-state index contributed by atoms with van der Waals surface area (Å²) in [5, 5.41) is 2.78. The first kappa shape index (κ1) is 21.0. The molecule has 2 aromatic rings. The molecule has 0 radical (unpaired) electrons. The number of nitrogens with zero attached hydrogens (tertiary/aromatic N) is 2. The van der Waals surface area contributed by atoms with Gasteiger partial charge in [0.05, 0.1) is 5.56 Å². The average molecular weight is 407 g/mol. The summed E-state index contributed by atoms with van der Waals surface area (Å²) in [7, 11) is 2.11. The lowest BCUT2D eigenvalue weighted by Gasteiger charge is -2.34. The lowest BCUT2D eigenvalue weighted by atomic mass is 10.1. The van der Waals surface area contributed by atoms with Crippen molar-refractivity contribution >= 4 is 17.3 Å². The van der Waals surface area contributed by atoms with Crippen LogP contribution in [0.25, 0.3) is 0 Å². The number of ether oxygens (including phenoxy) is 1. The molecule has 1 aliphatic heterocycles. The number of nitrogens with one attached hydrogen (secondary N) is 1. The van der Waals surface area contributed by atoms with Gasteiger partial charge in [0.15, 0.2) is 6.61 Å². The monoisotopic (exact) mass is 407 g/mol. The van der Waals surface area contributed by atoms with Crippen molar-refractivity contribution < 1.29 is 22.7 Å². The van der Waals surface area contributed by atoms with Crippen molar-refractivity contribution in [1.29, 1.82) is 0 Å². The smallest absolute Gasteiger partial charge is 0.416 e. The van der Waals surface area contributed by atoms with Crippen molar-refractivity contribution in [2.45, 2.75) is 13.1 Å². The van der Waals surface area contributed by atoms with E-state index in [9.17, 15) is 18.0 Å². The van der Waals surface area contributed by atoms with Gasteiger partial charge < -0.3 is 19.9 Å². The SMILES string of the molecule is Cc1cc(N2CCN(C)CC2)ccc1NC(=O)COc1ccc(C(F)(F)F)cc1. The first-order chi connectivity index (χ1) is 13.7. The Hall–Kier alpha value is -2.74. The fourth-order valence-electron chi connectivity index (χ4n) is 3.12. The highest BCUT2D eigenvalue weighted by atomic mass is 19.4. The lowest BCUT2D eigenvalue weighted by molar-refractivity contribution is -0.137. The highest BCUT2D eigenvalue weighted by molar-refractivity contribution is 5.92. The summed E-state index contributed by atoms with van der Waals surface area (Å²) >= 11 is 0. The average Bonchev–Trinajstić information content (AvgIpc) is 2.68. The van der Waals surface area contributed by atoms with E-state index in [2.05, 4.69) is 22.2 Å². The summed E-state index contributed by atoms with van der Waals surface area (Å²) in [6.45, 7) is 5.58. The lowest BCUT2D eigenvalue weighted by Crippen LogP contribution is -2.44. The molecule has 1 amide bonds. The minimum Gasteiger partial charge on any atom is -0.484 e. The maximum Gasteiger partial charge on any atom is 0.416 e. The Morgan fingerprint density at radius 1 is 1.07 bits per heavy atom. The number of carbonyl (C=O) groups excluding carboxylic acids is 1. The number of carbonyl (C=O) groups is 1. The molecule has 29 heavy (non-hydrogen) atoms. The molecule has 0 bridgehead atoms. The second-order valence-corrected chi connectivity index (χ2v) is 7.15. The molecule has 3 rings (SSSR count). The van der Waals surface area contributed by atoms with E-state index in [1.165, 1.54) is 12.1 Å². The van der Waals surface area contributed by atoms with Crippen LogP contribution in [0.5, 0.6) is 5.75 Å². The van der Waals surface area contributed by atoms with Gasteiger partial charge in [0.2, 0.25) is 0 Å². The van der Waals surface area contributed by atoms with E-state index >= 15 is 0 Å². The van der Waals surface area contributed by atoms with Crippen LogP contribution in [0.2, 0.25) is 0 Å². The molecule has 0 atom stereocenters. The molecule has 8 heteroatoms. The van der Waals surface area contributed by atoms with Gasteiger partial charge in [0.25, 0.3) is 5.91 Å². The number of halogens is 3. The first-order valence-corrected chi connectivity index (χ1v) is 9.36. The summed E-state index contributed by atoms with van der Waals surface area (Å²) in [5.74, 6) is -0.171. The molecule has 1 fully saturated rings. The zero-order valence-corrected chi connectivity index (χ0v) is 16.4. The number of hydrogen-bond donors (Lipinski definition) is 1. The number of benzene rings is 2. The van der Waals surface area contributed by atoms with E-state index in [-0.39, 0.29) is 18.3 Å². The minimum atomic E-state index is -4.40. The van der Waals surface area contributed by atoms with Crippen molar-refractivity contribution in [2.75, 3.05) is 50.1 Å². The van der Waals surface area contributed by atoms with Gasteiger partial charge in [-0.15, -0.1) is 0 Å². The van der Waals surface area contributed by atoms with E-state index in [0.29, 0.717) is 5.69 Å². The third-order valence-electron chi connectivity index (χ3n) is 4.90. The minimum absolute atomic E-state index is 0.204. The Morgan fingerprint density at radius 2 is 1.72 bits per heavy atom. The van der Waals surface area contributed by atoms with Gasteiger partial charge in [-0.25, -0.2) is 0 Å². The van der Waals surface area contributed by atoms with E-state index in [4.69, 9.17) is 4.74 Å². The van der Waals surface area contributed by atoms with Crippen LogP contribution in [0.15, 0.2) is 42.5 Å². The first-order valence-electron chi connectivity index (χ1n) is 9.36. The number of alkyl halides is 3.